The maximum absolute atomic E-state index is 12.4. The van der Waals surface area contributed by atoms with Gasteiger partial charge in [0.1, 0.15) is 5.70 Å². The Balaban J connectivity index is 1.75. The fourth-order valence-electron chi connectivity index (χ4n) is 4.60. The number of carboxylic acids is 1. The molecule has 3 aliphatic heterocycles. The SMILES string of the molecule is CSC(C(=O)N(C)C)[C@@H]1C[C@H](SC2=C(C(=O)O)N3C(=O)[C@H]([C@@H](C)O)[C@H]3[C@H]2C)CN1. The number of aliphatic carboxylic acids is 1. The molecular weight excluding hydrogens is 414 g/mol. The molecule has 8 nitrogen and oxygen atoms in total. The molecule has 2 fully saturated rings. The van der Waals surface area contributed by atoms with Gasteiger partial charge in [0.05, 0.1) is 23.3 Å². The molecule has 3 N–H and O–H groups in total. The van der Waals surface area contributed by atoms with Gasteiger partial charge in [-0.25, -0.2) is 4.79 Å². The smallest absolute Gasteiger partial charge is 0.353 e. The minimum absolute atomic E-state index is 0.0202. The topological polar surface area (TPSA) is 110 Å². The highest BCUT2D eigenvalue weighted by Gasteiger charge is 2.60. The van der Waals surface area contributed by atoms with Gasteiger partial charge in [0, 0.05) is 42.8 Å². The summed E-state index contributed by atoms with van der Waals surface area (Å²) in [5, 5.41) is 23.1. The zero-order chi connectivity index (χ0) is 21.6. The molecule has 3 heterocycles. The van der Waals surface area contributed by atoms with Crippen molar-refractivity contribution in [2.45, 2.75) is 49.0 Å². The van der Waals surface area contributed by atoms with E-state index in [0.717, 1.165) is 6.42 Å². The first-order chi connectivity index (χ1) is 13.6. The second-order valence-electron chi connectivity index (χ2n) is 8.15. The van der Waals surface area contributed by atoms with Crippen LogP contribution in [0, 0.1) is 11.8 Å². The number of thioether (sulfide) groups is 2. The molecule has 2 saturated heterocycles. The van der Waals surface area contributed by atoms with E-state index in [1.165, 1.54) is 28.4 Å². The average Bonchev–Trinajstić information content (AvgIpc) is 3.18. The van der Waals surface area contributed by atoms with E-state index in [1.54, 1.807) is 25.9 Å². The minimum Gasteiger partial charge on any atom is -0.477 e. The summed E-state index contributed by atoms with van der Waals surface area (Å²) in [6, 6.07) is -0.276. The van der Waals surface area contributed by atoms with Crippen molar-refractivity contribution < 1.29 is 24.6 Å². The van der Waals surface area contributed by atoms with E-state index in [0.29, 0.717) is 11.4 Å². The summed E-state index contributed by atoms with van der Waals surface area (Å²) in [4.78, 5) is 40.5. The number of fused-ring (bicyclic) bond motifs is 1. The second kappa shape index (κ2) is 8.49. The molecule has 10 heteroatoms. The molecule has 0 aromatic heterocycles. The zero-order valence-corrected chi connectivity index (χ0v) is 18.9. The summed E-state index contributed by atoms with van der Waals surface area (Å²) >= 11 is 3.02. The predicted octanol–water partition coefficient (Wildman–Crippen LogP) is 0.424. The number of carboxylic acid groups (broad SMARTS) is 1. The molecule has 2 amide bonds. The van der Waals surface area contributed by atoms with Gasteiger partial charge in [0.15, 0.2) is 0 Å². The molecule has 3 rings (SSSR count). The van der Waals surface area contributed by atoms with Gasteiger partial charge in [-0.3, -0.25) is 9.59 Å². The summed E-state index contributed by atoms with van der Waals surface area (Å²) in [7, 11) is 3.49. The van der Waals surface area contributed by atoms with Crippen LogP contribution in [0.2, 0.25) is 0 Å². The van der Waals surface area contributed by atoms with Gasteiger partial charge in [0.25, 0.3) is 0 Å². The largest absolute Gasteiger partial charge is 0.477 e. The van der Waals surface area contributed by atoms with Crippen molar-refractivity contribution in [3.63, 3.8) is 0 Å². The molecule has 0 spiro atoms. The lowest BCUT2D eigenvalue weighted by Gasteiger charge is -2.46. The molecule has 0 bridgehead atoms. The maximum atomic E-state index is 12.4. The third kappa shape index (κ3) is 3.80. The third-order valence-electron chi connectivity index (χ3n) is 6.03. The van der Waals surface area contributed by atoms with Crippen LogP contribution in [0.3, 0.4) is 0 Å². The average molecular weight is 444 g/mol. The molecule has 0 aromatic rings. The summed E-state index contributed by atoms with van der Waals surface area (Å²) in [6.45, 7) is 4.18. The van der Waals surface area contributed by atoms with Gasteiger partial charge in [-0.05, 0) is 19.6 Å². The Bertz CT molecular complexity index is 741. The highest BCUT2D eigenvalue weighted by molar-refractivity contribution is 8.03. The maximum Gasteiger partial charge on any atom is 0.353 e. The number of hydrogen-bond donors (Lipinski definition) is 3. The number of hydrogen-bond acceptors (Lipinski definition) is 7. The van der Waals surface area contributed by atoms with Crippen molar-refractivity contribution in [3.8, 4) is 0 Å². The summed E-state index contributed by atoms with van der Waals surface area (Å²) < 4.78 is 0. The lowest BCUT2D eigenvalue weighted by atomic mass is 9.79. The van der Waals surface area contributed by atoms with Crippen molar-refractivity contribution in [3.05, 3.63) is 10.6 Å². The standard InChI is InChI=1S/C19H29N3O5S2/c1-8-13-12(9(2)23)17(24)22(13)14(19(26)27)15(8)29-10-6-11(20-7-10)16(28-5)18(25)21(3)4/h8-13,16,20,23H,6-7H2,1-5H3,(H,26,27)/t8-,9-,10+,11+,12-,13-,16?/m1/s1. The van der Waals surface area contributed by atoms with Crippen LogP contribution >= 0.6 is 23.5 Å². The molecule has 0 aliphatic carbocycles. The van der Waals surface area contributed by atoms with Crippen molar-refractivity contribution in [1.82, 2.24) is 15.1 Å². The second-order valence-corrected chi connectivity index (χ2v) is 10.5. The van der Waals surface area contributed by atoms with Crippen molar-refractivity contribution >= 4 is 41.3 Å². The van der Waals surface area contributed by atoms with Crippen LogP contribution < -0.4 is 5.32 Å². The number of nitrogens with one attached hydrogen (secondary N) is 1. The van der Waals surface area contributed by atoms with Gasteiger partial charge in [-0.15, -0.1) is 11.8 Å². The normalized spacial score (nSPS) is 33.4. The van der Waals surface area contributed by atoms with Gasteiger partial charge in [-0.1, -0.05) is 6.92 Å². The molecule has 1 unspecified atom stereocenters. The molecule has 0 aromatic carbocycles. The summed E-state index contributed by atoms with van der Waals surface area (Å²) in [5.74, 6) is -2.04. The van der Waals surface area contributed by atoms with Crippen molar-refractivity contribution in [2.75, 3.05) is 26.9 Å². The number of rotatable bonds is 7. The summed E-state index contributed by atoms with van der Waals surface area (Å²) in [6.07, 6.45) is 1.87. The van der Waals surface area contributed by atoms with Gasteiger partial charge < -0.3 is 25.3 Å². The van der Waals surface area contributed by atoms with E-state index in [-0.39, 0.29) is 46.0 Å². The Hall–Kier alpha value is -1.23. The monoisotopic (exact) mass is 443 g/mol. The third-order valence-corrected chi connectivity index (χ3v) is 8.58. The van der Waals surface area contributed by atoms with Crippen LogP contribution in [0.1, 0.15) is 20.3 Å². The Morgan fingerprint density at radius 2 is 2.00 bits per heavy atom. The van der Waals surface area contributed by atoms with Crippen molar-refractivity contribution in [2.24, 2.45) is 11.8 Å². The predicted molar refractivity (Wildman–Crippen MR) is 113 cm³/mol. The van der Waals surface area contributed by atoms with Crippen molar-refractivity contribution in [1.29, 1.82) is 0 Å². The molecule has 0 saturated carbocycles. The zero-order valence-electron chi connectivity index (χ0n) is 17.3. The van der Waals surface area contributed by atoms with Gasteiger partial charge >= 0.3 is 5.97 Å². The van der Waals surface area contributed by atoms with Crippen LogP contribution in [-0.2, 0) is 14.4 Å². The van der Waals surface area contributed by atoms with E-state index in [2.05, 4.69) is 5.32 Å². The number of aliphatic hydroxyl groups is 1. The Morgan fingerprint density at radius 3 is 2.52 bits per heavy atom. The van der Waals surface area contributed by atoms with Gasteiger partial charge in [0.2, 0.25) is 11.8 Å². The van der Waals surface area contributed by atoms with Crippen LogP contribution in [-0.4, -0.2) is 93.4 Å². The molecule has 162 valence electrons. The summed E-state index contributed by atoms with van der Waals surface area (Å²) in [5.41, 5.74) is 0.0589. The quantitative estimate of drug-likeness (QED) is 0.486. The highest BCUT2D eigenvalue weighted by Crippen LogP contribution is 2.51. The number of β-lactam (4-membered cyclic amide) rings is 1. The van der Waals surface area contributed by atoms with Gasteiger partial charge in [-0.2, -0.15) is 11.8 Å². The van der Waals surface area contributed by atoms with E-state index in [1.807, 2.05) is 13.2 Å². The first-order valence-corrected chi connectivity index (χ1v) is 11.9. The lowest BCUT2D eigenvalue weighted by molar-refractivity contribution is -0.163. The van der Waals surface area contributed by atoms with Crippen LogP contribution in [0.25, 0.3) is 0 Å². The van der Waals surface area contributed by atoms with Crippen LogP contribution in [0.5, 0.6) is 0 Å². The molecule has 0 radical (unpaired) electrons. The Labute approximate surface area is 179 Å². The number of aliphatic hydroxyl groups excluding tert-OH is 1. The fraction of sp³-hybridized carbons (Fsp3) is 0.737. The lowest BCUT2D eigenvalue weighted by Crippen LogP contribution is -2.63. The molecule has 29 heavy (non-hydrogen) atoms. The molecule has 3 aliphatic rings. The number of nitrogens with zero attached hydrogens (tertiary/aromatic N) is 2. The van der Waals surface area contributed by atoms with E-state index >= 15 is 0 Å². The minimum atomic E-state index is -1.11. The van der Waals surface area contributed by atoms with Crippen LogP contribution in [0.15, 0.2) is 10.6 Å². The van der Waals surface area contributed by atoms with Crippen LogP contribution in [0.4, 0.5) is 0 Å². The first kappa shape index (κ1) is 22.5. The highest BCUT2D eigenvalue weighted by atomic mass is 32.2. The number of amides is 2. The Morgan fingerprint density at radius 1 is 1.34 bits per heavy atom. The number of carbonyl (C=O) groups excluding carboxylic acids is 2. The Kier molecular flexibility index (Phi) is 6.57. The first-order valence-electron chi connectivity index (χ1n) is 9.72. The van der Waals surface area contributed by atoms with E-state index in [4.69, 9.17) is 0 Å². The van der Waals surface area contributed by atoms with E-state index < -0.39 is 18.0 Å². The molecular formula is C19H29N3O5S2. The van der Waals surface area contributed by atoms with E-state index in [9.17, 15) is 24.6 Å². The molecule has 7 atom stereocenters. The fourth-order valence-corrected chi connectivity index (χ4v) is 7.04. The number of carbonyl (C=O) groups is 3.